The molecule has 41 heavy (non-hydrogen) atoms. The Kier molecular flexibility index (Phi) is 10.3. The number of rotatable bonds is 13. The monoisotopic (exact) mass is 576 g/mol. The second kappa shape index (κ2) is 13.9. The van der Waals surface area contributed by atoms with E-state index in [9.17, 15) is 4.79 Å². The number of aromatic nitrogens is 2. The molecule has 0 bridgehead atoms. The molecular weight excluding hydrogens is 536 g/mol. The van der Waals surface area contributed by atoms with Crippen LogP contribution in [0.15, 0.2) is 60.7 Å². The van der Waals surface area contributed by atoms with E-state index < -0.39 is 0 Å². The van der Waals surface area contributed by atoms with Gasteiger partial charge in [-0.2, -0.15) is 0 Å². The number of para-hydroxylation sites is 2. The summed E-state index contributed by atoms with van der Waals surface area (Å²) in [7, 11) is 5.19. The normalized spacial score (nSPS) is 12.2. The summed E-state index contributed by atoms with van der Waals surface area (Å²) in [4.78, 5) is 27.2. The number of H-pyrrole nitrogens is 1. The molecule has 1 amide bonds. The summed E-state index contributed by atoms with van der Waals surface area (Å²) in [5.41, 5.74) is 4.59. The van der Waals surface area contributed by atoms with Gasteiger partial charge in [0.2, 0.25) is 0 Å². The zero-order valence-electron chi connectivity index (χ0n) is 24.9. The third kappa shape index (κ3) is 7.03. The van der Waals surface area contributed by atoms with Gasteiger partial charge in [0.1, 0.15) is 5.82 Å². The van der Waals surface area contributed by atoms with Crippen LogP contribution in [0.5, 0.6) is 11.5 Å². The zero-order valence-corrected chi connectivity index (χ0v) is 25.7. The van der Waals surface area contributed by atoms with Crippen molar-refractivity contribution in [1.82, 2.24) is 19.8 Å². The lowest BCUT2D eigenvalue weighted by molar-refractivity contribution is 0.0656. The smallest absolute Gasteiger partial charge is 0.256 e. The van der Waals surface area contributed by atoms with E-state index in [4.69, 9.17) is 26.1 Å². The number of imidazole rings is 1. The molecule has 4 aromatic rings. The minimum atomic E-state index is -0.356. The highest BCUT2D eigenvalue weighted by molar-refractivity contribution is 6.35. The van der Waals surface area contributed by atoms with Crippen LogP contribution in [0.25, 0.3) is 11.0 Å². The Hall–Kier alpha value is -3.55. The molecule has 0 saturated heterocycles. The first-order chi connectivity index (χ1) is 19.8. The minimum absolute atomic E-state index is 0.176. The van der Waals surface area contributed by atoms with Crippen molar-refractivity contribution < 1.29 is 14.3 Å². The Balaban J connectivity index is 1.85. The van der Waals surface area contributed by atoms with Crippen LogP contribution in [-0.4, -0.2) is 60.0 Å². The molecule has 0 aliphatic carbocycles. The number of nitrogens with zero attached hydrogens (tertiary/aromatic N) is 3. The third-order valence-corrected chi connectivity index (χ3v) is 7.91. The number of hydrogen-bond donors (Lipinski definition) is 1. The fourth-order valence-corrected chi connectivity index (χ4v) is 5.33. The summed E-state index contributed by atoms with van der Waals surface area (Å²) in [6.07, 6.45) is 1.43. The van der Waals surface area contributed by atoms with Gasteiger partial charge in [0, 0.05) is 19.5 Å². The maximum absolute atomic E-state index is 14.5. The predicted molar refractivity (Wildman–Crippen MR) is 166 cm³/mol. The van der Waals surface area contributed by atoms with Crippen LogP contribution in [0.1, 0.15) is 60.5 Å². The molecule has 8 heteroatoms. The summed E-state index contributed by atoms with van der Waals surface area (Å²) in [5, 5.41) is 0.236. The molecule has 7 nitrogen and oxygen atoms in total. The molecule has 0 saturated carbocycles. The van der Waals surface area contributed by atoms with Crippen molar-refractivity contribution in [3.63, 3.8) is 0 Å². The van der Waals surface area contributed by atoms with Crippen LogP contribution in [0.2, 0.25) is 5.02 Å². The van der Waals surface area contributed by atoms with Crippen LogP contribution in [0.3, 0.4) is 0 Å². The lowest BCUT2D eigenvalue weighted by Crippen LogP contribution is -2.38. The lowest BCUT2D eigenvalue weighted by atomic mass is 9.97. The van der Waals surface area contributed by atoms with E-state index >= 15 is 0 Å². The molecule has 0 aliphatic rings. The molecule has 0 radical (unpaired) electrons. The van der Waals surface area contributed by atoms with E-state index in [0.717, 1.165) is 36.4 Å². The highest BCUT2D eigenvalue weighted by atomic mass is 35.5. The number of aromatic amines is 1. The first-order valence-corrected chi connectivity index (χ1v) is 14.6. The molecule has 3 aromatic carbocycles. The predicted octanol–water partition coefficient (Wildman–Crippen LogP) is 7.16. The van der Waals surface area contributed by atoms with E-state index in [1.165, 1.54) is 18.2 Å². The molecule has 1 heterocycles. The van der Waals surface area contributed by atoms with Gasteiger partial charge in [-0.05, 0) is 61.3 Å². The average molecular weight is 577 g/mol. The van der Waals surface area contributed by atoms with Crippen molar-refractivity contribution in [1.29, 1.82) is 0 Å². The number of hydrogen-bond acceptors (Lipinski definition) is 5. The van der Waals surface area contributed by atoms with Gasteiger partial charge in [-0.25, -0.2) is 4.98 Å². The van der Waals surface area contributed by atoms with Crippen molar-refractivity contribution in [2.24, 2.45) is 5.92 Å². The number of carbonyl (C=O) groups is 1. The molecular formula is C33H41ClN4O3. The Labute approximate surface area is 248 Å². The zero-order chi connectivity index (χ0) is 29.5. The van der Waals surface area contributed by atoms with Crippen LogP contribution in [0.4, 0.5) is 0 Å². The van der Waals surface area contributed by atoms with Crippen LogP contribution >= 0.6 is 11.6 Å². The summed E-state index contributed by atoms with van der Waals surface area (Å²) in [5.74, 6) is 1.79. The van der Waals surface area contributed by atoms with Gasteiger partial charge >= 0.3 is 0 Å². The largest absolute Gasteiger partial charge is 0.493 e. The SMILES string of the molecule is CCN(C)Cc1ccccc1CC(c1nc2ccccc2[nH]1)N(CCC(C)C)C(=O)c1ccc(OC)c(OC)c1Cl. The Morgan fingerprint density at radius 1 is 1.00 bits per heavy atom. The quantitative estimate of drug-likeness (QED) is 0.183. The molecule has 218 valence electrons. The second-order valence-electron chi connectivity index (χ2n) is 10.8. The number of nitrogens with one attached hydrogen (secondary N) is 1. The van der Waals surface area contributed by atoms with Crippen LogP contribution < -0.4 is 9.47 Å². The number of amides is 1. The van der Waals surface area contributed by atoms with Gasteiger partial charge in [-0.1, -0.05) is 68.8 Å². The first kappa shape index (κ1) is 30.4. The van der Waals surface area contributed by atoms with Crippen LogP contribution in [-0.2, 0) is 13.0 Å². The van der Waals surface area contributed by atoms with Crippen molar-refractivity contribution in [2.45, 2.75) is 46.2 Å². The highest BCUT2D eigenvalue weighted by Gasteiger charge is 2.32. The van der Waals surface area contributed by atoms with E-state index in [-0.39, 0.29) is 17.0 Å². The second-order valence-corrected chi connectivity index (χ2v) is 11.2. The summed E-state index contributed by atoms with van der Waals surface area (Å²) < 4.78 is 11.0. The number of methoxy groups -OCH3 is 2. The molecule has 1 unspecified atom stereocenters. The molecule has 0 aliphatic heterocycles. The number of ether oxygens (including phenoxy) is 2. The number of halogens is 1. The van der Waals surface area contributed by atoms with Crippen molar-refractivity contribution in [2.75, 3.05) is 34.4 Å². The minimum Gasteiger partial charge on any atom is -0.493 e. The molecule has 4 rings (SSSR count). The van der Waals surface area contributed by atoms with Gasteiger partial charge in [-0.3, -0.25) is 4.79 Å². The van der Waals surface area contributed by atoms with E-state index in [1.54, 1.807) is 19.2 Å². The molecule has 1 N–H and O–H groups in total. The number of benzene rings is 3. The Morgan fingerprint density at radius 2 is 1.71 bits per heavy atom. The van der Waals surface area contributed by atoms with Crippen molar-refractivity contribution in [3.05, 3.63) is 88.2 Å². The summed E-state index contributed by atoms with van der Waals surface area (Å²) in [6, 6.07) is 19.5. The van der Waals surface area contributed by atoms with Gasteiger partial charge in [-0.15, -0.1) is 0 Å². The van der Waals surface area contributed by atoms with Crippen molar-refractivity contribution in [3.8, 4) is 11.5 Å². The van der Waals surface area contributed by atoms with Crippen LogP contribution in [0, 0.1) is 5.92 Å². The standard InChI is InChI=1S/C33H41ClN4O3/c1-7-37(4)21-24-13-9-8-12-23(24)20-28(32-35-26-14-10-11-15-27(26)36-32)38(19-18-22(2)3)33(39)25-16-17-29(40-5)31(41-6)30(25)34/h8-17,22,28H,7,18-21H2,1-6H3,(H,35,36). The van der Waals surface area contributed by atoms with E-state index in [2.05, 4.69) is 62.0 Å². The molecule has 0 fully saturated rings. The maximum atomic E-state index is 14.5. The number of fused-ring (bicyclic) bond motifs is 1. The first-order valence-electron chi connectivity index (χ1n) is 14.2. The third-order valence-electron chi connectivity index (χ3n) is 7.53. The average Bonchev–Trinajstić information content (AvgIpc) is 3.41. The van der Waals surface area contributed by atoms with E-state index in [1.807, 2.05) is 29.2 Å². The molecule has 1 atom stereocenters. The van der Waals surface area contributed by atoms with Gasteiger partial charge in [0.05, 0.1) is 41.9 Å². The summed E-state index contributed by atoms with van der Waals surface area (Å²) in [6.45, 7) is 8.79. The van der Waals surface area contributed by atoms with Crippen molar-refractivity contribution >= 4 is 28.5 Å². The summed E-state index contributed by atoms with van der Waals surface area (Å²) >= 11 is 6.79. The molecule has 1 aromatic heterocycles. The van der Waals surface area contributed by atoms with Gasteiger partial charge < -0.3 is 24.3 Å². The Morgan fingerprint density at radius 3 is 2.37 bits per heavy atom. The van der Waals surface area contributed by atoms with Gasteiger partial charge in [0.25, 0.3) is 5.91 Å². The fraction of sp³-hybridized carbons (Fsp3) is 0.394. The Bertz CT molecular complexity index is 1440. The highest BCUT2D eigenvalue weighted by Crippen LogP contribution is 2.39. The van der Waals surface area contributed by atoms with Gasteiger partial charge in [0.15, 0.2) is 11.5 Å². The topological polar surface area (TPSA) is 70.7 Å². The number of carbonyl (C=O) groups excluding carboxylic acids is 1. The molecule has 0 spiro atoms. The fourth-order valence-electron chi connectivity index (χ4n) is 5.01. The maximum Gasteiger partial charge on any atom is 0.256 e. The lowest BCUT2D eigenvalue weighted by Gasteiger charge is -2.33. The van der Waals surface area contributed by atoms with E-state index in [0.29, 0.717) is 35.9 Å².